The predicted molar refractivity (Wildman–Crippen MR) is 229 cm³/mol. The summed E-state index contributed by atoms with van der Waals surface area (Å²) in [5.41, 5.74) is 4.43. The summed E-state index contributed by atoms with van der Waals surface area (Å²) in [7, 11) is -4.31. The molecule has 314 valence electrons. The van der Waals surface area contributed by atoms with Crippen LogP contribution >= 0.6 is 7.82 Å². The van der Waals surface area contributed by atoms with Gasteiger partial charge < -0.3 is 29.4 Å². The van der Waals surface area contributed by atoms with E-state index in [1.807, 2.05) is 152 Å². The molecular formula is C48H47N2O10P. The molecule has 0 aromatic heterocycles. The van der Waals surface area contributed by atoms with Crippen molar-refractivity contribution >= 4 is 25.8 Å². The van der Waals surface area contributed by atoms with Gasteiger partial charge in [-0.1, -0.05) is 158 Å². The number of alkyl carbamates (subject to hydrolysis) is 1. The van der Waals surface area contributed by atoms with Crippen molar-refractivity contribution in [1.29, 1.82) is 0 Å². The summed E-state index contributed by atoms with van der Waals surface area (Å²) in [6.45, 7) is 1.45. The summed E-state index contributed by atoms with van der Waals surface area (Å²) in [5, 5.41) is 5.25. The second kappa shape index (κ2) is 22.6. The van der Waals surface area contributed by atoms with Crippen LogP contribution in [0.3, 0.4) is 0 Å². The summed E-state index contributed by atoms with van der Waals surface area (Å²) in [4.78, 5) is 39.8. The summed E-state index contributed by atoms with van der Waals surface area (Å²) in [6, 6.07) is 48.6. The number of hydrogen-bond donors (Lipinski definition) is 2. The van der Waals surface area contributed by atoms with Crippen molar-refractivity contribution in [3.05, 3.63) is 203 Å². The first-order valence-electron chi connectivity index (χ1n) is 19.7. The molecule has 0 saturated heterocycles. The molecule has 0 unspecified atom stereocenters. The first-order valence-corrected chi connectivity index (χ1v) is 21.1. The third-order valence-corrected chi connectivity index (χ3v) is 10.4. The molecule has 6 aromatic rings. The summed E-state index contributed by atoms with van der Waals surface area (Å²) >= 11 is 0. The van der Waals surface area contributed by atoms with Gasteiger partial charge in [-0.2, -0.15) is 0 Å². The van der Waals surface area contributed by atoms with Gasteiger partial charge in [-0.3, -0.25) is 13.8 Å². The number of benzene rings is 6. The van der Waals surface area contributed by atoms with Gasteiger partial charge in [0.1, 0.15) is 31.9 Å². The minimum absolute atomic E-state index is 0.0115. The van der Waals surface area contributed by atoms with Crippen LogP contribution in [0.1, 0.15) is 40.3 Å². The molecule has 6 rings (SSSR count). The minimum Gasteiger partial charge on any atom is -0.485 e. The smallest absolute Gasteiger partial charge is 0.485 e. The Bertz CT molecular complexity index is 2290. The molecule has 13 heteroatoms. The monoisotopic (exact) mass is 842 g/mol. The maximum Gasteiger partial charge on any atom is 0.530 e. The van der Waals surface area contributed by atoms with Gasteiger partial charge in [0, 0.05) is 6.42 Å². The first-order chi connectivity index (χ1) is 29.7. The summed E-state index contributed by atoms with van der Waals surface area (Å²) in [6.07, 6.45) is -0.859. The van der Waals surface area contributed by atoms with Gasteiger partial charge in [0.2, 0.25) is 5.91 Å². The van der Waals surface area contributed by atoms with Crippen molar-refractivity contribution in [3.8, 4) is 11.5 Å². The summed E-state index contributed by atoms with van der Waals surface area (Å²) < 4.78 is 49.5. The normalized spacial score (nSPS) is 12.0. The maximum absolute atomic E-state index is 14.4. The topological polar surface area (TPSA) is 148 Å². The van der Waals surface area contributed by atoms with Gasteiger partial charge in [0.05, 0.1) is 13.2 Å². The highest BCUT2D eigenvalue weighted by molar-refractivity contribution is 7.48. The van der Waals surface area contributed by atoms with Crippen molar-refractivity contribution in [2.24, 2.45) is 0 Å². The highest BCUT2D eigenvalue weighted by Crippen LogP contribution is 2.53. The van der Waals surface area contributed by atoms with Crippen molar-refractivity contribution in [2.75, 3.05) is 0 Å². The van der Waals surface area contributed by atoms with Crippen molar-refractivity contribution < 1.29 is 46.7 Å². The standard InChI is InChI=1S/C48H47N2O10P/c1-36(49-48(53)57-33-39-21-11-4-12-22-39)46(51)50-43(47(52)56-32-38-19-9-3-10-20-38)29-42-27-28-44(45(30-42)55-31-37-17-7-2-8-18-37)60-61(54,58-34-40-23-13-5-14-24-40)59-35-41-25-15-6-16-26-41/h2-28,30,36,43H,29,31-35H2,1H3,(H,49,53)(H,50,51)/t36-,43-/m0/s1. The van der Waals surface area contributed by atoms with Gasteiger partial charge in [-0.15, -0.1) is 0 Å². The molecule has 0 heterocycles. The average Bonchev–Trinajstić information content (AvgIpc) is 3.30. The Morgan fingerprint density at radius 1 is 0.508 bits per heavy atom. The molecule has 0 spiro atoms. The van der Waals surface area contributed by atoms with Gasteiger partial charge in [0.25, 0.3) is 0 Å². The van der Waals surface area contributed by atoms with Crippen LogP contribution in [-0.2, 0) is 72.1 Å². The number of carbonyl (C=O) groups is 3. The first kappa shape index (κ1) is 43.8. The molecule has 0 bridgehead atoms. The van der Waals surface area contributed by atoms with E-state index < -0.39 is 37.9 Å². The van der Waals surface area contributed by atoms with E-state index in [0.717, 1.165) is 27.8 Å². The van der Waals surface area contributed by atoms with E-state index in [1.165, 1.54) is 6.92 Å². The number of phosphoric acid groups is 1. The van der Waals surface area contributed by atoms with Crippen LogP contribution in [0.4, 0.5) is 4.79 Å². The number of ether oxygens (including phenoxy) is 3. The molecule has 2 amide bonds. The number of phosphoric ester groups is 1. The van der Waals surface area contributed by atoms with Gasteiger partial charge in [-0.25, -0.2) is 14.2 Å². The zero-order valence-corrected chi connectivity index (χ0v) is 34.5. The average molecular weight is 843 g/mol. The van der Waals surface area contributed by atoms with Gasteiger partial charge in [0.15, 0.2) is 11.5 Å². The molecule has 0 radical (unpaired) electrons. The number of carbonyl (C=O) groups excluding carboxylic acids is 3. The fraction of sp³-hybridized carbons (Fsp3) is 0.188. The second-order valence-electron chi connectivity index (χ2n) is 13.9. The highest BCUT2D eigenvalue weighted by Gasteiger charge is 2.32. The number of rotatable bonds is 21. The highest BCUT2D eigenvalue weighted by atomic mass is 31.2. The van der Waals surface area contributed by atoms with Crippen LogP contribution in [0, 0.1) is 0 Å². The third kappa shape index (κ3) is 14.5. The van der Waals surface area contributed by atoms with Gasteiger partial charge in [-0.05, 0) is 52.4 Å². The van der Waals surface area contributed by atoms with Crippen LogP contribution in [-0.4, -0.2) is 30.1 Å². The Morgan fingerprint density at radius 3 is 1.44 bits per heavy atom. The molecule has 12 nitrogen and oxygen atoms in total. The molecule has 2 N–H and O–H groups in total. The van der Waals surface area contributed by atoms with E-state index in [9.17, 15) is 18.9 Å². The fourth-order valence-corrected chi connectivity index (χ4v) is 7.02. The third-order valence-electron chi connectivity index (χ3n) is 9.12. The number of nitrogens with one attached hydrogen (secondary N) is 2. The fourth-order valence-electron chi connectivity index (χ4n) is 5.83. The lowest BCUT2D eigenvalue weighted by Gasteiger charge is -2.23. The lowest BCUT2D eigenvalue weighted by Crippen LogP contribution is -2.51. The predicted octanol–water partition coefficient (Wildman–Crippen LogP) is 9.27. The second-order valence-corrected chi connectivity index (χ2v) is 15.5. The minimum atomic E-state index is -4.31. The molecule has 6 aromatic carbocycles. The van der Waals surface area contributed by atoms with E-state index in [2.05, 4.69) is 10.6 Å². The van der Waals surface area contributed by atoms with Crippen LogP contribution in [0.2, 0.25) is 0 Å². The Balaban J connectivity index is 1.23. The zero-order valence-electron chi connectivity index (χ0n) is 33.6. The Labute approximate surface area is 355 Å². The van der Waals surface area contributed by atoms with E-state index >= 15 is 0 Å². The quantitative estimate of drug-likeness (QED) is 0.0531. The Morgan fingerprint density at radius 2 is 0.951 bits per heavy atom. The van der Waals surface area contributed by atoms with E-state index in [-0.39, 0.29) is 51.0 Å². The summed E-state index contributed by atoms with van der Waals surface area (Å²) in [5.74, 6) is -1.13. The number of amides is 2. The molecule has 2 atom stereocenters. The largest absolute Gasteiger partial charge is 0.530 e. The van der Waals surface area contributed by atoms with Gasteiger partial charge >= 0.3 is 19.9 Å². The van der Waals surface area contributed by atoms with E-state index in [1.54, 1.807) is 18.2 Å². The van der Waals surface area contributed by atoms with E-state index in [4.69, 9.17) is 27.8 Å². The van der Waals surface area contributed by atoms with E-state index in [0.29, 0.717) is 5.56 Å². The van der Waals surface area contributed by atoms with Crippen LogP contribution in [0.5, 0.6) is 11.5 Å². The van der Waals surface area contributed by atoms with Crippen LogP contribution < -0.4 is 19.9 Å². The molecule has 0 aliphatic heterocycles. The molecular weight excluding hydrogens is 796 g/mol. The lowest BCUT2D eigenvalue weighted by atomic mass is 10.0. The maximum atomic E-state index is 14.4. The zero-order chi connectivity index (χ0) is 42.7. The van der Waals surface area contributed by atoms with Crippen molar-refractivity contribution in [3.63, 3.8) is 0 Å². The Hall–Kier alpha value is -6.72. The number of esters is 1. The van der Waals surface area contributed by atoms with Crippen LogP contribution in [0.15, 0.2) is 170 Å². The molecule has 0 saturated carbocycles. The molecule has 0 fully saturated rings. The molecule has 0 aliphatic carbocycles. The van der Waals surface area contributed by atoms with Crippen LogP contribution in [0.25, 0.3) is 0 Å². The number of hydrogen-bond acceptors (Lipinski definition) is 10. The van der Waals surface area contributed by atoms with Crippen molar-refractivity contribution in [2.45, 2.75) is 58.5 Å². The van der Waals surface area contributed by atoms with Crippen molar-refractivity contribution in [1.82, 2.24) is 10.6 Å². The SMILES string of the molecule is C[C@H](NC(=O)OCc1ccccc1)C(=O)N[C@@H](Cc1ccc(OP(=O)(OCc2ccccc2)OCc2ccccc2)c(OCc2ccccc2)c1)C(=O)OCc1ccccc1. The Kier molecular flexibility index (Phi) is 16.2. The lowest BCUT2D eigenvalue weighted by molar-refractivity contribution is -0.149. The molecule has 0 aliphatic rings. The molecule has 61 heavy (non-hydrogen) atoms.